The molecule has 0 aliphatic rings. The molecule has 136 valence electrons. The third-order valence-electron chi connectivity index (χ3n) is 3.21. The van der Waals surface area contributed by atoms with Gasteiger partial charge in [0.05, 0.1) is 12.2 Å². The predicted octanol–water partition coefficient (Wildman–Crippen LogP) is 3.34. The number of hydrogen-bond acceptors (Lipinski definition) is 5. The van der Waals surface area contributed by atoms with Crippen molar-refractivity contribution in [3.05, 3.63) is 58.1 Å². The normalized spacial score (nSPS) is 10.1. The van der Waals surface area contributed by atoms with Crippen LogP contribution in [0.1, 0.15) is 27.6 Å². The van der Waals surface area contributed by atoms with E-state index in [4.69, 9.17) is 14.6 Å². The fourth-order valence-electron chi connectivity index (χ4n) is 2.04. The van der Waals surface area contributed by atoms with Crippen molar-refractivity contribution in [2.45, 2.75) is 6.92 Å². The monoisotopic (exact) mass is 421 g/mol. The van der Waals surface area contributed by atoms with Gasteiger partial charge in [0.25, 0.3) is 5.91 Å². The first-order valence-electron chi connectivity index (χ1n) is 7.63. The Bertz CT molecular complexity index is 819. The summed E-state index contributed by atoms with van der Waals surface area (Å²) in [5.74, 6) is -1.97. The number of hydrogen-bond donors (Lipinski definition) is 2. The van der Waals surface area contributed by atoms with E-state index in [-0.39, 0.29) is 24.5 Å². The maximum atomic E-state index is 12.0. The number of aromatic carboxylic acids is 1. The van der Waals surface area contributed by atoms with Gasteiger partial charge in [-0.1, -0.05) is 15.9 Å². The van der Waals surface area contributed by atoms with Crippen molar-refractivity contribution >= 4 is 39.5 Å². The summed E-state index contributed by atoms with van der Waals surface area (Å²) in [6.07, 6.45) is 0. The van der Waals surface area contributed by atoms with E-state index < -0.39 is 17.8 Å². The van der Waals surface area contributed by atoms with Crippen LogP contribution in [0.2, 0.25) is 0 Å². The molecular weight excluding hydrogens is 406 g/mol. The van der Waals surface area contributed by atoms with Crippen molar-refractivity contribution in [3.8, 4) is 5.75 Å². The number of ether oxygens (including phenoxy) is 2. The van der Waals surface area contributed by atoms with Crippen molar-refractivity contribution in [2.24, 2.45) is 0 Å². The van der Waals surface area contributed by atoms with Crippen LogP contribution in [0.4, 0.5) is 5.69 Å². The highest BCUT2D eigenvalue weighted by molar-refractivity contribution is 9.10. The number of halogens is 1. The Balaban J connectivity index is 1.95. The number of carbonyl (C=O) groups is 3. The van der Waals surface area contributed by atoms with Gasteiger partial charge in [0.15, 0.2) is 6.61 Å². The lowest BCUT2D eigenvalue weighted by atomic mass is 10.2. The van der Waals surface area contributed by atoms with Gasteiger partial charge in [-0.3, -0.25) is 4.79 Å². The molecule has 7 nitrogen and oxygen atoms in total. The maximum Gasteiger partial charge on any atom is 0.339 e. The second-order valence-corrected chi connectivity index (χ2v) is 6.00. The molecule has 0 saturated carbocycles. The zero-order chi connectivity index (χ0) is 19.1. The number of rotatable bonds is 7. The molecule has 0 saturated heterocycles. The zero-order valence-corrected chi connectivity index (χ0v) is 15.4. The minimum atomic E-state index is -1.16. The summed E-state index contributed by atoms with van der Waals surface area (Å²) in [5, 5.41) is 11.8. The summed E-state index contributed by atoms with van der Waals surface area (Å²) in [5.41, 5.74) is 0.800. The van der Waals surface area contributed by atoms with Gasteiger partial charge < -0.3 is 19.9 Å². The summed E-state index contributed by atoms with van der Waals surface area (Å²) in [6.45, 7) is 1.64. The highest BCUT2D eigenvalue weighted by Gasteiger charge is 2.13. The van der Waals surface area contributed by atoms with Crippen LogP contribution in [0.15, 0.2) is 46.9 Å². The molecule has 26 heavy (non-hydrogen) atoms. The van der Waals surface area contributed by atoms with Gasteiger partial charge in [-0.15, -0.1) is 0 Å². The molecule has 0 radical (unpaired) electrons. The molecule has 8 heteroatoms. The van der Waals surface area contributed by atoms with Crippen LogP contribution in [-0.2, 0) is 9.53 Å². The number of esters is 1. The molecule has 0 aromatic heterocycles. The number of nitrogens with one attached hydrogen (secondary N) is 1. The first-order valence-corrected chi connectivity index (χ1v) is 8.42. The Morgan fingerprint density at radius 2 is 1.81 bits per heavy atom. The Hall–Kier alpha value is -2.87. The molecule has 1 amide bonds. The molecule has 0 atom stereocenters. The summed E-state index contributed by atoms with van der Waals surface area (Å²) in [7, 11) is 0. The molecule has 0 aliphatic carbocycles. The molecule has 0 bridgehead atoms. The van der Waals surface area contributed by atoms with Gasteiger partial charge in [0, 0.05) is 10.2 Å². The Kier molecular flexibility index (Phi) is 6.74. The van der Waals surface area contributed by atoms with Crippen molar-refractivity contribution < 1.29 is 29.0 Å². The first-order chi connectivity index (χ1) is 12.4. The number of carbonyl (C=O) groups excluding carboxylic acids is 2. The first kappa shape index (κ1) is 19.5. The highest BCUT2D eigenvalue weighted by Crippen LogP contribution is 2.23. The van der Waals surface area contributed by atoms with E-state index in [1.165, 1.54) is 24.3 Å². The Morgan fingerprint density at radius 3 is 2.42 bits per heavy atom. The molecule has 2 aromatic rings. The smallest absolute Gasteiger partial charge is 0.339 e. The molecule has 2 rings (SSSR count). The van der Waals surface area contributed by atoms with Gasteiger partial charge in [-0.2, -0.15) is 0 Å². The minimum absolute atomic E-state index is 0.0500. The molecule has 0 fully saturated rings. The van der Waals surface area contributed by atoms with E-state index in [1.54, 1.807) is 25.1 Å². The number of amides is 1. The molecule has 0 unspecified atom stereocenters. The van der Waals surface area contributed by atoms with Gasteiger partial charge in [-0.05, 0) is 49.4 Å². The van der Waals surface area contributed by atoms with E-state index >= 15 is 0 Å². The van der Waals surface area contributed by atoms with E-state index in [1.807, 2.05) is 0 Å². The fourth-order valence-corrected chi connectivity index (χ4v) is 2.40. The standard InChI is InChI=1S/C18H16BrNO6/c1-2-25-18(24)11-3-6-13(7-4-11)20-16(21)10-26-15-8-5-12(19)9-14(15)17(22)23/h3-9H,2,10H2,1H3,(H,20,21)(H,22,23). The minimum Gasteiger partial charge on any atom is -0.483 e. The Morgan fingerprint density at radius 1 is 1.12 bits per heavy atom. The third-order valence-corrected chi connectivity index (χ3v) is 3.70. The quantitative estimate of drug-likeness (QED) is 0.664. The van der Waals surface area contributed by atoms with Crippen molar-refractivity contribution in [3.63, 3.8) is 0 Å². The van der Waals surface area contributed by atoms with E-state index in [0.29, 0.717) is 15.7 Å². The summed E-state index contributed by atoms with van der Waals surface area (Å²) >= 11 is 3.18. The van der Waals surface area contributed by atoms with Gasteiger partial charge in [0.2, 0.25) is 0 Å². The van der Waals surface area contributed by atoms with Crippen LogP contribution < -0.4 is 10.1 Å². The van der Waals surface area contributed by atoms with Crippen LogP contribution >= 0.6 is 15.9 Å². The van der Waals surface area contributed by atoms with Crippen molar-refractivity contribution in [2.75, 3.05) is 18.5 Å². The largest absolute Gasteiger partial charge is 0.483 e. The van der Waals surface area contributed by atoms with Gasteiger partial charge in [-0.25, -0.2) is 9.59 Å². The average Bonchev–Trinajstić information content (AvgIpc) is 2.61. The lowest BCUT2D eigenvalue weighted by Gasteiger charge is -2.10. The predicted molar refractivity (Wildman–Crippen MR) is 97.6 cm³/mol. The molecular formula is C18H16BrNO6. The zero-order valence-electron chi connectivity index (χ0n) is 13.8. The topological polar surface area (TPSA) is 102 Å². The summed E-state index contributed by atoms with van der Waals surface area (Å²) in [4.78, 5) is 34.7. The Labute approximate surface area is 158 Å². The molecule has 0 aliphatic heterocycles. The number of carboxylic acids is 1. The third kappa shape index (κ3) is 5.32. The van der Waals surface area contributed by atoms with Crippen LogP contribution in [0.5, 0.6) is 5.75 Å². The summed E-state index contributed by atoms with van der Waals surface area (Å²) < 4.78 is 10.8. The van der Waals surface area contributed by atoms with Gasteiger partial charge >= 0.3 is 11.9 Å². The second-order valence-electron chi connectivity index (χ2n) is 5.08. The number of benzene rings is 2. The average molecular weight is 422 g/mol. The molecule has 2 aromatic carbocycles. The van der Waals surface area contributed by atoms with Crippen LogP contribution in [-0.4, -0.2) is 36.2 Å². The molecule has 0 heterocycles. The summed E-state index contributed by atoms with van der Waals surface area (Å²) in [6, 6.07) is 10.7. The SMILES string of the molecule is CCOC(=O)c1ccc(NC(=O)COc2ccc(Br)cc2C(=O)O)cc1. The van der Waals surface area contributed by atoms with Crippen molar-refractivity contribution in [1.82, 2.24) is 0 Å². The number of anilines is 1. The molecule has 0 spiro atoms. The van der Waals surface area contributed by atoms with E-state index in [0.717, 1.165) is 0 Å². The van der Waals surface area contributed by atoms with Crippen LogP contribution in [0.3, 0.4) is 0 Å². The second kappa shape index (κ2) is 9.00. The molecule has 2 N–H and O–H groups in total. The van der Waals surface area contributed by atoms with Gasteiger partial charge in [0.1, 0.15) is 11.3 Å². The van der Waals surface area contributed by atoms with E-state index in [9.17, 15) is 14.4 Å². The lowest BCUT2D eigenvalue weighted by molar-refractivity contribution is -0.118. The maximum absolute atomic E-state index is 12.0. The van der Waals surface area contributed by atoms with Crippen LogP contribution in [0, 0.1) is 0 Å². The highest BCUT2D eigenvalue weighted by atomic mass is 79.9. The van der Waals surface area contributed by atoms with Crippen molar-refractivity contribution in [1.29, 1.82) is 0 Å². The fraction of sp³-hybridized carbons (Fsp3) is 0.167. The van der Waals surface area contributed by atoms with E-state index in [2.05, 4.69) is 21.2 Å². The van der Waals surface area contributed by atoms with Crippen LogP contribution in [0.25, 0.3) is 0 Å². The lowest BCUT2D eigenvalue weighted by Crippen LogP contribution is -2.21. The number of carboxylic acid groups (broad SMARTS) is 1.